The van der Waals surface area contributed by atoms with Gasteiger partial charge in [0.1, 0.15) is 5.82 Å². The number of carbonyl (C=O) groups excluding carboxylic acids is 2. The lowest BCUT2D eigenvalue weighted by molar-refractivity contribution is 0.0966. The van der Waals surface area contributed by atoms with Crippen LogP contribution in [0.2, 0.25) is 0 Å². The molecule has 3 N–H and O–H groups in total. The summed E-state index contributed by atoms with van der Waals surface area (Å²) in [5, 5.41) is 13.5. The SMILES string of the molecule is COC(=O)N[C@H]1CCCC[C@H]1Nc1nc(-c2cnn(C)c2)c2c(c1Br)CNC2=O. The van der Waals surface area contributed by atoms with Gasteiger partial charge < -0.3 is 20.7 Å². The standard InChI is InChI=1S/C19H23BrN6O3/c1-26-9-10(7-22-26)16-14-11(8-21-18(14)27)15(20)17(25-16)23-12-5-3-4-6-13(12)24-19(28)29-2/h7,9,12-13H,3-6,8H2,1-2H3,(H,21,27)(H,23,25)(H,24,28)/t12-,13+/m1/s1. The van der Waals surface area contributed by atoms with Crippen LogP contribution in [0.1, 0.15) is 41.6 Å². The highest BCUT2D eigenvalue weighted by Gasteiger charge is 2.32. The van der Waals surface area contributed by atoms with Crippen molar-refractivity contribution in [1.29, 1.82) is 0 Å². The monoisotopic (exact) mass is 462 g/mol. The molecular weight excluding hydrogens is 440 g/mol. The lowest BCUT2D eigenvalue weighted by atomic mass is 9.90. The number of aromatic nitrogens is 3. The summed E-state index contributed by atoms with van der Waals surface area (Å²) in [5.74, 6) is 0.518. The first kappa shape index (κ1) is 19.7. The van der Waals surface area contributed by atoms with Crippen LogP contribution in [0.4, 0.5) is 10.6 Å². The summed E-state index contributed by atoms with van der Waals surface area (Å²) in [6.07, 6.45) is 6.99. The quantitative estimate of drug-likeness (QED) is 0.643. The molecule has 4 rings (SSSR count). The minimum Gasteiger partial charge on any atom is -0.453 e. The summed E-state index contributed by atoms with van der Waals surface area (Å²) in [6, 6.07) is -0.0451. The largest absolute Gasteiger partial charge is 0.453 e. The Bertz CT molecular complexity index is 960. The summed E-state index contributed by atoms with van der Waals surface area (Å²) in [4.78, 5) is 29.0. The number of methoxy groups -OCH3 is 1. The van der Waals surface area contributed by atoms with E-state index in [0.29, 0.717) is 23.6 Å². The van der Waals surface area contributed by atoms with Crippen LogP contribution in [0.25, 0.3) is 11.3 Å². The fraction of sp³-hybridized carbons (Fsp3) is 0.474. The Hall–Kier alpha value is -2.62. The van der Waals surface area contributed by atoms with Gasteiger partial charge in [0.2, 0.25) is 0 Å². The molecule has 0 unspecified atom stereocenters. The normalized spacial score (nSPS) is 20.7. The van der Waals surface area contributed by atoms with Crippen LogP contribution in [0, 0.1) is 0 Å². The van der Waals surface area contributed by atoms with Crippen molar-refractivity contribution >= 4 is 33.7 Å². The van der Waals surface area contributed by atoms with Crippen molar-refractivity contribution in [2.45, 2.75) is 44.3 Å². The van der Waals surface area contributed by atoms with Crippen LogP contribution in [0.3, 0.4) is 0 Å². The number of hydrogen-bond acceptors (Lipinski definition) is 6. The first-order valence-corrected chi connectivity index (χ1v) is 10.4. The van der Waals surface area contributed by atoms with Gasteiger partial charge in [-0.3, -0.25) is 9.48 Å². The lowest BCUT2D eigenvalue weighted by Gasteiger charge is -2.33. The summed E-state index contributed by atoms with van der Waals surface area (Å²) < 4.78 is 7.22. The van der Waals surface area contributed by atoms with E-state index >= 15 is 0 Å². The number of nitrogens with one attached hydrogen (secondary N) is 3. The van der Waals surface area contributed by atoms with Gasteiger partial charge >= 0.3 is 6.09 Å². The Kier molecular flexibility index (Phi) is 5.44. The lowest BCUT2D eigenvalue weighted by Crippen LogP contribution is -2.48. The number of anilines is 1. The zero-order valence-electron chi connectivity index (χ0n) is 16.3. The van der Waals surface area contributed by atoms with Crippen LogP contribution in [-0.2, 0) is 18.3 Å². The number of fused-ring (bicyclic) bond motifs is 1. The Morgan fingerprint density at radius 3 is 2.79 bits per heavy atom. The van der Waals surface area contributed by atoms with E-state index in [0.717, 1.165) is 41.3 Å². The molecule has 2 aliphatic rings. The van der Waals surface area contributed by atoms with Crippen molar-refractivity contribution in [2.24, 2.45) is 7.05 Å². The highest BCUT2D eigenvalue weighted by Crippen LogP contribution is 2.37. The van der Waals surface area contributed by atoms with E-state index in [2.05, 4.69) is 37.0 Å². The fourth-order valence-corrected chi connectivity index (χ4v) is 4.53. The maximum Gasteiger partial charge on any atom is 0.407 e. The van der Waals surface area contributed by atoms with Crippen LogP contribution >= 0.6 is 15.9 Å². The molecule has 0 saturated heterocycles. The Morgan fingerprint density at radius 1 is 1.34 bits per heavy atom. The number of alkyl carbamates (subject to hydrolysis) is 1. The van der Waals surface area contributed by atoms with E-state index in [9.17, 15) is 9.59 Å². The molecule has 1 fully saturated rings. The van der Waals surface area contributed by atoms with E-state index in [-0.39, 0.29) is 18.0 Å². The number of pyridine rings is 1. The predicted molar refractivity (Wildman–Crippen MR) is 111 cm³/mol. The average molecular weight is 463 g/mol. The third kappa shape index (κ3) is 3.81. The van der Waals surface area contributed by atoms with Gasteiger partial charge in [-0.1, -0.05) is 12.8 Å². The topological polar surface area (TPSA) is 110 Å². The minimum absolute atomic E-state index is 0.0107. The average Bonchev–Trinajstić information content (AvgIpc) is 3.32. The molecule has 0 aromatic carbocycles. The van der Waals surface area contributed by atoms with Crippen LogP contribution in [0.5, 0.6) is 0 Å². The molecule has 1 aliphatic carbocycles. The van der Waals surface area contributed by atoms with E-state index < -0.39 is 6.09 Å². The Morgan fingerprint density at radius 2 is 2.10 bits per heavy atom. The van der Waals surface area contributed by atoms with Gasteiger partial charge in [-0.05, 0) is 28.8 Å². The van der Waals surface area contributed by atoms with Crippen molar-refractivity contribution in [3.05, 3.63) is 28.0 Å². The maximum atomic E-state index is 12.4. The molecule has 0 radical (unpaired) electrons. The van der Waals surface area contributed by atoms with Gasteiger partial charge in [-0.2, -0.15) is 5.10 Å². The first-order chi connectivity index (χ1) is 14.0. The van der Waals surface area contributed by atoms with Crippen LogP contribution in [-0.4, -0.2) is 46.0 Å². The molecule has 2 amide bonds. The highest BCUT2D eigenvalue weighted by molar-refractivity contribution is 9.10. The molecule has 1 aliphatic heterocycles. The second-order valence-corrected chi connectivity index (χ2v) is 8.13. The summed E-state index contributed by atoms with van der Waals surface area (Å²) in [5.41, 5.74) is 2.83. The van der Waals surface area contributed by atoms with E-state index in [4.69, 9.17) is 9.72 Å². The molecular formula is C19H23BrN6O3. The van der Waals surface area contributed by atoms with Crippen molar-refractivity contribution < 1.29 is 14.3 Å². The highest BCUT2D eigenvalue weighted by atomic mass is 79.9. The van der Waals surface area contributed by atoms with E-state index in [1.54, 1.807) is 10.9 Å². The van der Waals surface area contributed by atoms with Gasteiger partial charge in [-0.25, -0.2) is 9.78 Å². The number of nitrogens with zero attached hydrogens (tertiary/aromatic N) is 3. The molecule has 2 atom stereocenters. The second-order valence-electron chi connectivity index (χ2n) is 7.34. The molecule has 10 heteroatoms. The number of ether oxygens (including phenoxy) is 1. The fourth-order valence-electron chi connectivity index (χ4n) is 3.99. The smallest absolute Gasteiger partial charge is 0.407 e. The van der Waals surface area contributed by atoms with Crippen molar-refractivity contribution in [2.75, 3.05) is 12.4 Å². The number of carbonyl (C=O) groups is 2. The van der Waals surface area contributed by atoms with E-state index in [1.807, 2.05) is 13.2 Å². The Labute approximate surface area is 176 Å². The molecule has 29 heavy (non-hydrogen) atoms. The number of amides is 2. The van der Waals surface area contributed by atoms with Crippen molar-refractivity contribution in [1.82, 2.24) is 25.4 Å². The van der Waals surface area contributed by atoms with Gasteiger partial charge in [0.15, 0.2) is 0 Å². The molecule has 3 heterocycles. The van der Waals surface area contributed by atoms with Gasteiger partial charge in [0.05, 0.1) is 35.1 Å². The molecule has 154 valence electrons. The Balaban J connectivity index is 1.70. The first-order valence-electron chi connectivity index (χ1n) is 9.58. The van der Waals surface area contributed by atoms with Crippen LogP contribution < -0.4 is 16.0 Å². The van der Waals surface area contributed by atoms with Gasteiger partial charge in [0, 0.05) is 37.0 Å². The number of rotatable bonds is 4. The third-order valence-corrected chi connectivity index (χ3v) is 6.30. The van der Waals surface area contributed by atoms with Gasteiger partial charge in [-0.15, -0.1) is 0 Å². The van der Waals surface area contributed by atoms with Crippen molar-refractivity contribution in [3.8, 4) is 11.3 Å². The second kappa shape index (κ2) is 8.02. The molecule has 0 bridgehead atoms. The molecule has 1 saturated carbocycles. The maximum absolute atomic E-state index is 12.4. The molecule has 0 spiro atoms. The molecule has 2 aromatic rings. The molecule has 9 nitrogen and oxygen atoms in total. The van der Waals surface area contributed by atoms with Crippen molar-refractivity contribution in [3.63, 3.8) is 0 Å². The zero-order valence-corrected chi connectivity index (χ0v) is 17.9. The summed E-state index contributed by atoms with van der Waals surface area (Å²) >= 11 is 3.63. The van der Waals surface area contributed by atoms with E-state index in [1.165, 1.54) is 7.11 Å². The number of halogens is 1. The predicted octanol–water partition coefficient (Wildman–Crippen LogP) is 2.57. The summed E-state index contributed by atoms with van der Waals surface area (Å²) in [6.45, 7) is 0.438. The molecule has 2 aromatic heterocycles. The number of hydrogen-bond donors (Lipinski definition) is 3. The van der Waals surface area contributed by atoms with Crippen LogP contribution in [0.15, 0.2) is 16.9 Å². The van der Waals surface area contributed by atoms with Gasteiger partial charge in [0.25, 0.3) is 5.91 Å². The number of aryl methyl sites for hydroxylation is 1. The third-order valence-electron chi connectivity index (χ3n) is 5.44. The minimum atomic E-state index is -0.435. The zero-order chi connectivity index (χ0) is 20.5. The summed E-state index contributed by atoms with van der Waals surface area (Å²) in [7, 11) is 3.19.